The molecule has 106 valence electrons. The second-order valence-electron chi connectivity index (χ2n) is 5.04. The molecule has 3 nitrogen and oxygen atoms in total. The monoisotopic (exact) mass is 266 g/mol. The summed E-state index contributed by atoms with van der Waals surface area (Å²) in [7, 11) is 2.00. The first kappa shape index (κ1) is 14.3. The van der Waals surface area contributed by atoms with Crippen molar-refractivity contribution in [1.82, 2.24) is 5.32 Å². The zero-order valence-electron chi connectivity index (χ0n) is 11.7. The van der Waals surface area contributed by atoms with E-state index in [0.29, 0.717) is 12.0 Å². The second-order valence-corrected chi connectivity index (χ2v) is 5.04. The van der Waals surface area contributed by atoms with E-state index in [0.717, 1.165) is 38.4 Å². The number of hydrogen-bond donors (Lipinski definition) is 1. The maximum Gasteiger partial charge on any atom is 0.125 e. The minimum Gasteiger partial charge on any atom is -0.381 e. The van der Waals surface area contributed by atoms with Gasteiger partial charge in [0, 0.05) is 37.3 Å². The van der Waals surface area contributed by atoms with Gasteiger partial charge in [0.1, 0.15) is 5.82 Å². The van der Waals surface area contributed by atoms with Crippen molar-refractivity contribution in [2.45, 2.75) is 19.4 Å². The normalized spacial score (nSPS) is 23.3. The fourth-order valence-corrected chi connectivity index (χ4v) is 2.73. The molecule has 1 aliphatic heterocycles. The van der Waals surface area contributed by atoms with Crippen molar-refractivity contribution < 1.29 is 9.13 Å². The summed E-state index contributed by atoms with van der Waals surface area (Å²) >= 11 is 0. The standard InChI is InChI=1S/C15H23FN2O/c1-3-18(14-6-4-5-13(16)9-14)10-12-11-19-8-7-15(12)17-2/h4-6,9,12,15,17H,3,7-8,10-11H2,1-2H3. The van der Waals surface area contributed by atoms with Gasteiger partial charge in [-0.15, -0.1) is 0 Å². The Morgan fingerprint density at radius 2 is 2.32 bits per heavy atom. The van der Waals surface area contributed by atoms with Crippen molar-refractivity contribution in [3.63, 3.8) is 0 Å². The van der Waals surface area contributed by atoms with Gasteiger partial charge in [-0.2, -0.15) is 0 Å². The summed E-state index contributed by atoms with van der Waals surface area (Å²) in [5.41, 5.74) is 0.947. The van der Waals surface area contributed by atoms with Crippen LogP contribution in [0.5, 0.6) is 0 Å². The molecular formula is C15H23FN2O. The van der Waals surface area contributed by atoms with Gasteiger partial charge in [0.05, 0.1) is 6.61 Å². The molecular weight excluding hydrogens is 243 g/mol. The molecule has 0 saturated carbocycles. The van der Waals surface area contributed by atoms with Crippen molar-refractivity contribution >= 4 is 5.69 Å². The van der Waals surface area contributed by atoms with Gasteiger partial charge in [0.15, 0.2) is 0 Å². The molecule has 4 heteroatoms. The average molecular weight is 266 g/mol. The van der Waals surface area contributed by atoms with E-state index in [1.165, 1.54) is 6.07 Å². The van der Waals surface area contributed by atoms with E-state index in [1.54, 1.807) is 12.1 Å². The Morgan fingerprint density at radius 3 is 3.00 bits per heavy atom. The topological polar surface area (TPSA) is 24.5 Å². The predicted octanol–water partition coefficient (Wildman–Crippen LogP) is 2.28. The first-order valence-corrected chi connectivity index (χ1v) is 7.00. The highest BCUT2D eigenvalue weighted by Gasteiger charge is 2.26. The summed E-state index contributed by atoms with van der Waals surface area (Å²) < 4.78 is 18.9. The van der Waals surface area contributed by atoms with E-state index in [2.05, 4.69) is 17.1 Å². The van der Waals surface area contributed by atoms with Crippen LogP contribution in [0.4, 0.5) is 10.1 Å². The number of nitrogens with zero attached hydrogens (tertiary/aromatic N) is 1. The summed E-state index contributed by atoms with van der Waals surface area (Å²) in [5, 5.41) is 3.37. The molecule has 0 aromatic heterocycles. The van der Waals surface area contributed by atoms with E-state index >= 15 is 0 Å². The first-order valence-electron chi connectivity index (χ1n) is 7.00. The highest BCUT2D eigenvalue weighted by molar-refractivity contribution is 5.46. The SMILES string of the molecule is CCN(CC1COCCC1NC)c1cccc(F)c1. The maximum absolute atomic E-state index is 13.3. The van der Waals surface area contributed by atoms with Gasteiger partial charge in [-0.25, -0.2) is 4.39 Å². The summed E-state index contributed by atoms with van der Waals surface area (Å²) in [6, 6.07) is 7.29. The van der Waals surface area contributed by atoms with Gasteiger partial charge >= 0.3 is 0 Å². The van der Waals surface area contributed by atoms with Crippen molar-refractivity contribution in [2.24, 2.45) is 5.92 Å². The molecule has 19 heavy (non-hydrogen) atoms. The summed E-state index contributed by atoms with van der Waals surface area (Å²) in [4.78, 5) is 2.22. The molecule has 1 N–H and O–H groups in total. The van der Waals surface area contributed by atoms with Crippen molar-refractivity contribution in [1.29, 1.82) is 0 Å². The molecule has 2 atom stereocenters. The van der Waals surface area contributed by atoms with E-state index in [1.807, 2.05) is 13.1 Å². The minimum atomic E-state index is -0.180. The summed E-state index contributed by atoms with van der Waals surface area (Å²) in [5.74, 6) is 0.267. The fraction of sp³-hybridized carbons (Fsp3) is 0.600. The maximum atomic E-state index is 13.3. The van der Waals surface area contributed by atoms with Crippen LogP contribution in [0, 0.1) is 11.7 Å². The van der Waals surface area contributed by atoms with Gasteiger partial charge < -0.3 is 15.0 Å². The molecule has 1 aliphatic rings. The van der Waals surface area contributed by atoms with Crippen LogP contribution >= 0.6 is 0 Å². The van der Waals surface area contributed by atoms with Crippen LogP contribution in [-0.4, -0.2) is 39.4 Å². The quantitative estimate of drug-likeness (QED) is 0.885. The van der Waals surface area contributed by atoms with Crippen LogP contribution in [0.15, 0.2) is 24.3 Å². The Balaban J connectivity index is 2.05. The molecule has 0 spiro atoms. The molecule has 1 aromatic rings. The predicted molar refractivity (Wildman–Crippen MR) is 76.1 cm³/mol. The van der Waals surface area contributed by atoms with Gasteiger partial charge in [-0.3, -0.25) is 0 Å². The van der Waals surface area contributed by atoms with E-state index < -0.39 is 0 Å². The van der Waals surface area contributed by atoms with E-state index in [4.69, 9.17) is 4.74 Å². The third kappa shape index (κ3) is 3.67. The van der Waals surface area contributed by atoms with Gasteiger partial charge in [-0.1, -0.05) is 6.07 Å². The lowest BCUT2D eigenvalue weighted by atomic mass is 9.95. The number of ether oxygens (including phenoxy) is 1. The third-order valence-corrected chi connectivity index (χ3v) is 3.85. The Bertz CT molecular complexity index is 399. The molecule has 0 amide bonds. The molecule has 2 unspecified atom stereocenters. The van der Waals surface area contributed by atoms with Gasteiger partial charge in [-0.05, 0) is 38.6 Å². The Hall–Kier alpha value is -1.13. The summed E-state index contributed by atoms with van der Waals surface area (Å²) in [6.07, 6.45) is 1.04. The largest absolute Gasteiger partial charge is 0.381 e. The van der Waals surface area contributed by atoms with Gasteiger partial charge in [0.25, 0.3) is 0 Å². The number of anilines is 1. The van der Waals surface area contributed by atoms with Crippen LogP contribution in [0.1, 0.15) is 13.3 Å². The van der Waals surface area contributed by atoms with Crippen molar-refractivity contribution in [2.75, 3.05) is 38.3 Å². The van der Waals surface area contributed by atoms with Gasteiger partial charge in [0.2, 0.25) is 0 Å². The van der Waals surface area contributed by atoms with Crippen LogP contribution < -0.4 is 10.2 Å². The number of benzene rings is 1. The minimum absolute atomic E-state index is 0.180. The molecule has 1 aromatic carbocycles. The molecule has 0 bridgehead atoms. The van der Waals surface area contributed by atoms with Crippen molar-refractivity contribution in [3.8, 4) is 0 Å². The number of halogens is 1. The smallest absolute Gasteiger partial charge is 0.125 e. The zero-order valence-corrected chi connectivity index (χ0v) is 11.7. The van der Waals surface area contributed by atoms with E-state index in [9.17, 15) is 4.39 Å². The molecule has 0 radical (unpaired) electrons. The molecule has 0 aliphatic carbocycles. The first-order chi connectivity index (χ1) is 9.24. The third-order valence-electron chi connectivity index (χ3n) is 3.85. The lowest BCUT2D eigenvalue weighted by Gasteiger charge is -2.36. The molecule has 1 heterocycles. The zero-order chi connectivity index (χ0) is 13.7. The van der Waals surface area contributed by atoms with Crippen LogP contribution in [0.2, 0.25) is 0 Å². The lowest BCUT2D eigenvalue weighted by Crippen LogP contribution is -2.46. The summed E-state index contributed by atoms with van der Waals surface area (Å²) in [6.45, 7) is 5.47. The highest BCUT2D eigenvalue weighted by atomic mass is 19.1. The highest BCUT2D eigenvalue weighted by Crippen LogP contribution is 2.21. The number of rotatable bonds is 5. The lowest BCUT2D eigenvalue weighted by molar-refractivity contribution is 0.0368. The molecule has 1 saturated heterocycles. The number of hydrogen-bond acceptors (Lipinski definition) is 3. The second kappa shape index (κ2) is 6.87. The average Bonchev–Trinajstić information content (AvgIpc) is 2.45. The Morgan fingerprint density at radius 1 is 1.47 bits per heavy atom. The fourth-order valence-electron chi connectivity index (χ4n) is 2.73. The van der Waals surface area contributed by atoms with Crippen molar-refractivity contribution in [3.05, 3.63) is 30.1 Å². The van der Waals surface area contributed by atoms with Crippen LogP contribution in [-0.2, 0) is 4.74 Å². The Kier molecular flexibility index (Phi) is 5.16. The Labute approximate surface area is 114 Å². The van der Waals surface area contributed by atoms with Crippen LogP contribution in [0.3, 0.4) is 0 Å². The van der Waals surface area contributed by atoms with E-state index in [-0.39, 0.29) is 5.82 Å². The molecule has 1 fully saturated rings. The molecule has 2 rings (SSSR count). The number of nitrogens with one attached hydrogen (secondary N) is 1. The van der Waals surface area contributed by atoms with Crippen LogP contribution in [0.25, 0.3) is 0 Å².